The summed E-state index contributed by atoms with van der Waals surface area (Å²) in [5, 5.41) is 20.1. The molecule has 1 heterocycles. The molecule has 1 aromatic heterocycles. The quantitative estimate of drug-likeness (QED) is 0.854. The van der Waals surface area contributed by atoms with Gasteiger partial charge in [-0.3, -0.25) is 0 Å². The molecule has 92 valence electrons. The Bertz CT molecular complexity index is 541. The van der Waals surface area contributed by atoms with E-state index in [0.717, 1.165) is 22.2 Å². The van der Waals surface area contributed by atoms with Crippen LogP contribution in [0.5, 0.6) is 0 Å². The maximum atomic E-state index is 9.90. The van der Waals surface area contributed by atoms with Crippen LogP contribution in [0.15, 0.2) is 18.2 Å². The molecule has 0 saturated carbocycles. The largest absolute Gasteiger partial charge is 0.395 e. The average molecular weight is 233 g/mol. The van der Waals surface area contributed by atoms with Gasteiger partial charge in [0.25, 0.3) is 0 Å². The maximum Gasteiger partial charge on any atom is 0.0785 e. The first-order valence-corrected chi connectivity index (χ1v) is 5.94. The second-order valence-electron chi connectivity index (χ2n) is 4.57. The molecule has 0 aliphatic carbocycles. The summed E-state index contributed by atoms with van der Waals surface area (Å²) in [5.41, 5.74) is 4.27. The number of aryl methyl sites for hydroxylation is 1. The number of fused-ring (bicyclic) bond motifs is 1. The molecule has 1 unspecified atom stereocenters. The molecule has 3 heteroatoms. The third-order valence-electron chi connectivity index (χ3n) is 3.27. The summed E-state index contributed by atoms with van der Waals surface area (Å²) >= 11 is 0. The fraction of sp³-hybridized carbons (Fsp3) is 0.429. The van der Waals surface area contributed by atoms with Crippen LogP contribution in [0.4, 0.5) is 0 Å². The van der Waals surface area contributed by atoms with Crippen molar-refractivity contribution in [2.75, 3.05) is 6.61 Å². The lowest BCUT2D eigenvalue weighted by Gasteiger charge is -2.07. The normalized spacial score (nSPS) is 13.2. The minimum Gasteiger partial charge on any atom is -0.395 e. The van der Waals surface area contributed by atoms with Crippen molar-refractivity contribution in [2.24, 2.45) is 0 Å². The van der Waals surface area contributed by atoms with E-state index in [1.54, 1.807) is 6.92 Å². The molecule has 0 radical (unpaired) electrons. The predicted molar refractivity (Wildman–Crippen MR) is 69.1 cm³/mol. The lowest BCUT2D eigenvalue weighted by atomic mass is 10.1. The summed E-state index contributed by atoms with van der Waals surface area (Å²) in [6.07, 6.45) is -0.487. The van der Waals surface area contributed by atoms with Crippen molar-refractivity contribution in [2.45, 2.75) is 33.4 Å². The summed E-state index contributed by atoms with van der Waals surface area (Å²) in [5.74, 6) is 0. The van der Waals surface area contributed by atoms with Crippen LogP contribution in [-0.4, -0.2) is 21.4 Å². The zero-order valence-corrected chi connectivity index (χ0v) is 10.6. The van der Waals surface area contributed by atoms with Crippen LogP contribution in [0, 0.1) is 13.8 Å². The van der Waals surface area contributed by atoms with Crippen molar-refractivity contribution in [1.82, 2.24) is 4.57 Å². The number of hydrogen-bond acceptors (Lipinski definition) is 2. The highest BCUT2D eigenvalue weighted by atomic mass is 16.3. The molecular formula is C14H19NO2. The van der Waals surface area contributed by atoms with Crippen LogP contribution in [0.1, 0.15) is 29.8 Å². The van der Waals surface area contributed by atoms with Gasteiger partial charge in [-0.05, 0) is 32.9 Å². The molecule has 2 rings (SSSR count). The first-order chi connectivity index (χ1) is 8.06. The third kappa shape index (κ3) is 1.96. The van der Waals surface area contributed by atoms with Crippen molar-refractivity contribution in [1.29, 1.82) is 0 Å². The number of hydrogen-bond donors (Lipinski definition) is 2. The van der Waals surface area contributed by atoms with E-state index in [1.165, 1.54) is 5.56 Å². The first kappa shape index (κ1) is 12.1. The monoisotopic (exact) mass is 233 g/mol. The topological polar surface area (TPSA) is 45.4 Å². The molecule has 0 fully saturated rings. The summed E-state index contributed by atoms with van der Waals surface area (Å²) in [6.45, 7) is 6.50. The van der Waals surface area contributed by atoms with E-state index in [4.69, 9.17) is 5.11 Å². The number of nitrogens with zero attached hydrogens (tertiary/aromatic N) is 1. The number of aliphatic hydroxyl groups excluding tert-OH is 2. The van der Waals surface area contributed by atoms with E-state index in [-0.39, 0.29) is 6.61 Å². The minimum absolute atomic E-state index is 0.109. The zero-order valence-electron chi connectivity index (χ0n) is 10.6. The Labute approximate surface area is 101 Å². The Morgan fingerprint density at radius 3 is 2.59 bits per heavy atom. The van der Waals surface area contributed by atoms with Crippen molar-refractivity contribution in [3.63, 3.8) is 0 Å². The highest BCUT2D eigenvalue weighted by Gasteiger charge is 2.16. The van der Waals surface area contributed by atoms with Crippen molar-refractivity contribution in [3.05, 3.63) is 35.0 Å². The zero-order chi connectivity index (χ0) is 12.6. The van der Waals surface area contributed by atoms with Gasteiger partial charge in [-0.15, -0.1) is 0 Å². The second kappa shape index (κ2) is 4.51. The SMILES string of the molecule is Cc1ccc2c(c1)c(C(C)O)c(C)n2CCO. The second-order valence-corrected chi connectivity index (χ2v) is 4.57. The van der Waals surface area contributed by atoms with E-state index in [9.17, 15) is 5.11 Å². The van der Waals surface area contributed by atoms with Gasteiger partial charge >= 0.3 is 0 Å². The molecule has 0 spiro atoms. The number of aromatic nitrogens is 1. The molecule has 1 atom stereocenters. The molecule has 0 aliphatic rings. The summed E-state index contributed by atoms with van der Waals surface area (Å²) in [6, 6.07) is 6.21. The van der Waals surface area contributed by atoms with Gasteiger partial charge in [-0.25, -0.2) is 0 Å². The molecule has 0 aliphatic heterocycles. The summed E-state index contributed by atoms with van der Waals surface area (Å²) in [7, 11) is 0. The third-order valence-corrected chi connectivity index (χ3v) is 3.27. The Hall–Kier alpha value is -1.32. The minimum atomic E-state index is -0.487. The van der Waals surface area contributed by atoms with Gasteiger partial charge < -0.3 is 14.8 Å². The number of aliphatic hydroxyl groups is 2. The van der Waals surface area contributed by atoms with Gasteiger partial charge in [0.15, 0.2) is 0 Å². The standard InChI is InChI=1S/C14H19NO2/c1-9-4-5-13-12(8-9)14(11(3)17)10(2)15(13)6-7-16/h4-5,8,11,16-17H,6-7H2,1-3H3. The molecule has 1 aromatic carbocycles. The van der Waals surface area contributed by atoms with E-state index in [0.29, 0.717) is 6.54 Å². The van der Waals surface area contributed by atoms with E-state index >= 15 is 0 Å². The summed E-state index contributed by atoms with van der Waals surface area (Å²) < 4.78 is 2.07. The van der Waals surface area contributed by atoms with Crippen molar-refractivity contribution in [3.8, 4) is 0 Å². The fourth-order valence-corrected chi connectivity index (χ4v) is 2.54. The first-order valence-electron chi connectivity index (χ1n) is 5.94. The van der Waals surface area contributed by atoms with Crippen molar-refractivity contribution < 1.29 is 10.2 Å². The Morgan fingerprint density at radius 2 is 2.00 bits per heavy atom. The van der Waals surface area contributed by atoms with Gasteiger partial charge in [-0.2, -0.15) is 0 Å². The average Bonchev–Trinajstić information content (AvgIpc) is 2.52. The molecule has 17 heavy (non-hydrogen) atoms. The molecule has 3 nitrogen and oxygen atoms in total. The molecule has 0 saturated heterocycles. The Balaban J connectivity index is 2.78. The van der Waals surface area contributed by atoms with Crippen LogP contribution in [-0.2, 0) is 6.54 Å². The van der Waals surface area contributed by atoms with Crippen LogP contribution in [0.25, 0.3) is 10.9 Å². The number of rotatable bonds is 3. The summed E-state index contributed by atoms with van der Waals surface area (Å²) in [4.78, 5) is 0. The smallest absolute Gasteiger partial charge is 0.0785 e. The lowest BCUT2D eigenvalue weighted by molar-refractivity contribution is 0.199. The maximum absolute atomic E-state index is 9.90. The molecular weight excluding hydrogens is 214 g/mol. The van der Waals surface area contributed by atoms with E-state index in [1.807, 2.05) is 13.8 Å². The Morgan fingerprint density at radius 1 is 1.29 bits per heavy atom. The van der Waals surface area contributed by atoms with Crippen LogP contribution < -0.4 is 0 Å². The van der Waals surface area contributed by atoms with Gasteiger partial charge in [0.1, 0.15) is 0 Å². The Kier molecular flexibility index (Phi) is 3.22. The van der Waals surface area contributed by atoms with E-state index < -0.39 is 6.10 Å². The van der Waals surface area contributed by atoms with Crippen LogP contribution in [0.3, 0.4) is 0 Å². The fourth-order valence-electron chi connectivity index (χ4n) is 2.54. The highest BCUT2D eigenvalue weighted by Crippen LogP contribution is 2.31. The van der Waals surface area contributed by atoms with Gasteiger partial charge in [0.2, 0.25) is 0 Å². The number of benzene rings is 1. The lowest BCUT2D eigenvalue weighted by Crippen LogP contribution is -2.04. The van der Waals surface area contributed by atoms with Gasteiger partial charge in [0.05, 0.1) is 12.7 Å². The van der Waals surface area contributed by atoms with E-state index in [2.05, 4.69) is 22.8 Å². The van der Waals surface area contributed by atoms with Gasteiger partial charge in [-0.1, -0.05) is 11.6 Å². The molecule has 2 N–H and O–H groups in total. The van der Waals surface area contributed by atoms with Crippen LogP contribution >= 0.6 is 0 Å². The molecule has 0 amide bonds. The van der Waals surface area contributed by atoms with Crippen LogP contribution in [0.2, 0.25) is 0 Å². The van der Waals surface area contributed by atoms with Gasteiger partial charge in [0, 0.05) is 28.7 Å². The van der Waals surface area contributed by atoms with Crippen molar-refractivity contribution >= 4 is 10.9 Å². The highest BCUT2D eigenvalue weighted by molar-refractivity contribution is 5.86. The molecule has 0 bridgehead atoms. The predicted octanol–water partition coefficient (Wildman–Crippen LogP) is 2.30. The molecule has 2 aromatic rings.